The van der Waals surface area contributed by atoms with Crippen molar-refractivity contribution < 1.29 is 14.6 Å². The number of ether oxygens (including phenoxy) is 1. The van der Waals surface area contributed by atoms with Crippen LogP contribution in [0.25, 0.3) is 17.1 Å². The highest BCUT2D eigenvalue weighted by molar-refractivity contribution is 7.18. The molecule has 0 fully saturated rings. The van der Waals surface area contributed by atoms with Crippen LogP contribution in [0.1, 0.15) is 26.5 Å². The molecule has 0 aliphatic carbocycles. The number of carboxylic acid groups (broad SMARTS) is 1. The van der Waals surface area contributed by atoms with Crippen LogP contribution in [-0.2, 0) is 0 Å². The van der Waals surface area contributed by atoms with Crippen LogP contribution < -0.4 is 10.3 Å². The van der Waals surface area contributed by atoms with E-state index in [4.69, 9.17) is 9.84 Å². The van der Waals surface area contributed by atoms with E-state index in [0.29, 0.717) is 22.0 Å². The normalized spacial score (nSPS) is 11.2. The molecule has 122 valence electrons. The Kier molecular flexibility index (Phi) is 4.18. The monoisotopic (exact) mass is 342 g/mol. The van der Waals surface area contributed by atoms with E-state index in [2.05, 4.69) is 4.98 Å². The van der Waals surface area contributed by atoms with Gasteiger partial charge in [0.1, 0.15) is 10.6 Å². The molecule has 2 aromatic heterocycles. The second-order valence-corrected chi connectivity index (χ2v) is 6.06. The van der Waals surface area contributed by atoms with E-state index in [1.54, 1.807) is 20.1 Å². The van der Waals surface area contributed by atoms with Crippen LogP contribution in [0.3, 0.4) is 0 Å². The molecule has 0 atom stereocenters. The van der Waals surface area contributed by atoms with Gasteiger partial charge in [-0.15, -0.1) is 0 Å². The first-order valence-corrected chi connectivity index (χ1v) is 7.90. The van der Waals surface area contributed by atoms with Gasteiger partial charge in [0.2, 0.25) is 0 Å². The average molecular weight is 342 g/mol. The Morgan fingerprint density at radius 1 is 1.33 bits per heavy atom. The summed E-state index contributed by atoms with van der Waals surface area (Å²) in [5.41, 5.74) is 1.54. The van der Waals surface area contributed by atoms with E-state index in [1.807, 2.05) is 30.3 Å². The molecule has 0 amide bonds. The van der Waals surface area contributed by atoms with Crippen LogP contribution >= 0.6 is 11.3 Å². The van der Waals surface area contributed by atoms with Crippen molar-refractivity contribution in [2.45, 2.75) is 6.92 Å². The lowest BCUT2D eigenvalue weighted by atomic mass is 10.1. The number of para-hydroxylation sites is 1. The fourth-order valence-electron chi connectivity index (χ4n) is 2.28. The SMILES string of the molecule is COc1ccccc1/C=C/c1nc2sc(C(=O)O)cn2c(=O)c1C. The maximum Gasteiger partial charge on any atom is 0.347 e. The van der Waals surface area contributed by atoms with Crippen LogP contribution in [0.2, 0.25) is 0 Å². The number of benzene rings is 1. The van der Waals surface area contributed by atoms with E-state index < -0.39 is 5.97 Å². The van der Waals surface area contributed by atoms with Crippen molar-refractivity contribution in [2.24, 2.45) is 0 Å². The van der Waals surface area contributed by atoms with Gasteiger partial charge in [0, 0.05) is 17.3 Å². The first-order chi connectivity index (χ1) is 11.5. The Morgan fingerprint density at radius 3 is 2.79 bits per heavy atom. The third kappa shape index (κ3) is 2.81. The highest BCUT2D eigenvalue weighted by Gasteiger charge is 2.13. The lowest BCUT2D eigenvalue weighted by Crippen LogP contribution is -2.17. The van der Waals surface area contributed by atoms with Crippen LogP contribution in [0.4, 0.5) is 0 Å². The van der Waals surface area contributed by atoms with Crippen LogP contribution in [-0.4, -0.2) is 27.6 Å². The van der Waals surface area contributed by atoms with Crippen molar-refractivity contribution in [3.05, 3.63) is 62.5 Å². The summed E-state index contributed by atoms with van der Waals surface area (Å²) >= 11 is 0.965. The van der Waals surface area contributed by atoms with Gasteiger partial charge in [-0.25, -0.2) is 9.78 Å². The zero-order chi connectivity index (χ0) is 17.3. The summed E-state index contributed by atoms with van der Waals surface area (Å²) < 4.78 is 6.55. The zero-order valence-electron chi connectivity index (χ0n) is 13.0. The molecule has 0 unspecified atom stereocenters. The minimum Gasteiger partial charge on any atom is -0.496 e. The second kappa shape index (κ2) is 6.29. The number of rotatable bonds is 4. The molecule has 0 saturated heterocycles. The molecular weight excluding hydrogens is 328 g/mol. The van der Waals surface area contributed by atoms with Gasteiger partial charge in [0.05, 0.1) is 12.8 Å². The summed E-state index contributed by atoms with van der Waals surface area (Å²) in [5, 5.41) is 9.06. The van der Waals surface area contributed by atoms with Crippen molar-refractivity contribution in [1.29, 1.82) is 0 Å². The number of nitrogens with zero attached hydrogens (tertiary/aromatic N) is 2. The number of carbonyl (C=O) groups is 1. The predicted molar refractivity (Wildman–Crippen MR) is 93.0 cm³/mol. The Hall–Kier alpha value is -2.93. The number of methoxy groups -OCH3 is 1. The molecule has 7 heteroatoms. The predicted octanol–water partition coefficient (Wildman–Crippen LogP) is 2.94. The van der Waals surface area contributed by atoms with E-state index in [1.165, 1.54) is 10.6 Å². The second-order valence-electron chi connectivity index (χ2n) is 5.06. The molecule has 0 spiro atoms. The first-order valence-electron chi connectivity index (χ1n) is 7.08. The smallest absolute Gasteiger partial charge is 0.347 e. The zero-order valence-corrected chi connectivity index (χ0v) is 13.8. The third-order valence-electron chi connectivity index (χ3n) is 3.56. The van der Waals surface area contributed by atoms with Gasteiger partial charge < -0.3 is 9.84 Å². The Morgan fingerprint density at radius 2 is 2.08 bits per heavy atom. The molecule has 0 radical (unpaired) electrons. The fraction of sp³-hybridized carbons (Fsp3) is 0.118. The molecule has 1 aromatic carbocycles. The van der Waals surface area contributed by atoms with Gasteiger partial charge in [0.15, 0.2) is 4.96 Å². The number of thiazole rings is 1. The minimum absolute atomic E-state index is 0.0739. The molecule has 1 N–H and O–H groups in total. The molecule has 0 bridgehead atoms. The number of aromatic carboxylic acids is 1. The highest BCUT2D eigenvalue weighted by atomic mass is 32.1. The van der Waals surface area contributed by atoms with Crippen LogP contribution in [0.15, 0.2) is 35.3 Å². The van der Waals surface area contributed by atoms with Crippen LogP contribution in [0.5, 0.6) is 5.75 Å². The third-order valence-corrected chi connectivity index (χ3v) is 4.53. The van der Waals surface area contributed by atoms with Crippen molar-refractivity contribution in [1.82, 2.24) is 9.38 Å². The van der Waals surface area contributed by atoms with Crippen molar-refractivity contribution >= 4 is 34.4 Å². The van der Waals surface area contributed by atoms with Crippen LogP contribution in [0, 0.1) is 6.92 Å². The van der Waals surface area contributed by atoms with Crippen molar-refractivity contribution in [2.75, 3.05) is 7.11 Å². The lowest BCUT2D eigenvalue weighted by Gasteiger charge is -2.04. The average Bonchev–Trinajstić information content (AvgIpc) is 3.01. The summed E-state index contributed by atoms with van der Waals surface area (Å²) in [4.78, 5) is 28.3. The van der Waals surface area contributed by atoms with Crippen molar-refractivity contribution in [3.8, 4) is 5.75 Å². The van der Waals surface area contributed by atoms with E-state index >= 15 is 0 Å². The number of carboxylic acids is 1. The standard InChI is InChI=1S/C17H14N2O4S/c1-10-12(8-7-11-5-3-4-6-13(11)23-2)18-17-19(15(10)20)9-14(24-17)16(21)22/h3-9H,1-2H3,(H,21,22)/b8-7+. The number of hydrogen-bond donors (Lipinski definition) is 1. The maximum absolute atomic E-state index is 12.4. The van der Waals surface area contributed by atoms with Gasteiger partial charge >= 0.3 is 5.97 Å². The van der Waals surface area contributed by atoms with Gasteiger partial charge in [-0.05, 0) is 25.1 Å². The van der Waals surface area contributed by atoms with E-state index in [9.17, 15) is 9.59 Å². The number of fused-ring (bicyclic) bond motifs is 1. The Bertz CT molecular complexity index is 1020. The topological polar surface area (TPSA) is 80.9 Å². The largest absolute Gasteiger partial charge is 0.496 e. The quantitative estimate of drug-likeness (QED) is 0.788. The van der Waals surface area contributed by atoms with E-state index in [0.717, 1.165) is 16.9 Å². The molecule has 0 aliphatic heterocycles. The van der Waals surface area contributed by atoms with E-state index in [-0.39, 0.29) is 10.4 Å². The lowest BCUT2D eigenvalue weighted by molar-refractivity contribution is 0.0701. The molecule has 0 aliphatic rings. The maximum atomic E-state index is 12.4. The first kappa shape index (κ1) is 15.9. The van der Waals surface area contributed by atoms with Gasteiger partial charge in [0.25, 0.3) is 5.56 Å². The molecule has 6 nitrogen and oxygen atoms in total. The number of aromatic nitrogens is 2. The highest BCUT2D eigenvalue weighted by Crippen LogP contribution is 2.21. The number of hydrogen-bond acceptors (Lipinski definition) is 5. The molecule has 0 saturated carbocycles. The van der Waals surface area contributed by atoms with Gasteiger partial charge in [-0.1, -0.05) is 29.5 Å². The fourth-order valence-corrected chi connectivity index (χ4v) is 3.10. The molecule has 3 rings (SSSR count). The Balaban J connectivity index is 2.09. The molecule has 3 aromatic rings. The summed E-state index contributed by atoms with van der Waals surface area (Å²) in [6, 6.07) is 7.50. The molecule has 2 heterocycles. The summed E-state index contributed by atoms with van der Waals surface area (Å²) in [7, 11) is 1.59. The molecular formula is C17H14N2O4S. The van der Waals surface area contributed by atoms with Crippen molar-refractivity contribution in [3.63, 3.8) is 0 Å². The summed E-state index contributed by atoms with van der Waals surface area (Å²) in [6.07, 6.45) is 4.85. The van der Waals surface area contributed by atoms with Gasteiger partial charge in [-0.2, -0.15) is 0 Å². The summed E-state index contributed by atoms with van der Waals surface area (Å²) in [5.74, 6) is -0.359. The molecule has 24 heavy (non-hydrogen) atoms. The summed E-state index contributed by atoms with van der Waals surface area (Å²) in [6.45, 7) is 1.67. The van der Waals surface area contributed by atoms with Gasteiger partial charge in [-0.3, -0.25) is 9.20 Å². The minimum atomic E-state index is -1.08. The Labute approximate surface area is 141 Å².